The van der Waals surface area contributed by atoms with Crippen molar-refractivity contribution < 1.29 is 15.0 Å². The molecule has 0 fully saturated rings. The minimum absolute atomic E-state index is 0.118. The van der Waals surface area contributed by atoms with Crippen molar-refractivity contribution in [3.63, 3.8) is 0 Å². The van der Waals surface area contributed by atoms with E-state index in [4.69, 9.17) is 5.11 Å². The van der Waals surface area contributed by atoms with Gasteiger partial charge < -0.3 is 15.5 Å². The number of nitrogens with one attached hydrogen (secondary N) is 1. The number of hydrogen-bond acceptors (Lipinski definition) is 3. The van der Waals surface area contributed by atoms with Gasteiger partial charge in [0.05, 0.1) is 0 Å². The Hall–Kier alpha value is -1.55. The first kappa shape index (κ1) is 15.5. The maximum atomic E-state index is 11.7. The Labute approximate surface area is 114 Å². The Morgan fingerprint density at radius 3 is 2.42 bits per heavy atom. The number of benzene rings is 1. The zero-order valence-corrected chi connectivity index (χ0v) is 11.4. The van der Waals surface area contributed by atoms with Gasteiger partial charge in [-0.15, -0.1) is 0 Å². The van der Waals surface area contributed by atoms with E-state index < -0.39 is 6.10 Å². The fourth-order valence-electron chi connectivity index (χ4n) is 1.84. The Kier molecular flexibility index (Phi) is 6.97. The van der Waals surface area contributed by atoms with E-state index in [1.807, 2.05) is 0 Å². The molecule has 0 aliphatic heterocycles. The molecule has 0 spiro atoms. The minimum Gasteiger partial charge on any atom is -0.508 e. The maximum absolute atomic E-state index is 11.7. The summed E-state index contributed by atoms with van der Waals surface area (Å²) in [7, 11) is 0. The molecule has 0 aromatic heterocycles. The third-order valence-electron chi connectivity index (χ3n) is 3.04. The quantitative estimate of drug-likeness (QED) is 0.633. The van der Waals surface area contributed by atoms with Crippen LogP contribution in [0.3, 0.4) is 0 Å². The van der Waals surface area contributed by atoms with Crippen LogP contribution >= 0.6 is 0 Å². The standard InChI is InChI=1S/C15H23NO3/c1-2-3-4-5-6-11-16-15(19)14(18)12-7-9-13(17)10-8-12/h7-10,14,17-18H,2-6,11H2,1H3,(H,16,19). The average Bonchev–Trinajstić information content (AvgIpc) is 2.42. The lowest BCUT2D eigenvalue weighted by molar-refractivity contribution is -0.129. The molecule has 0 saturated heterocycles. The fraction of sp³-hybridized carbons (Fsp3) is 0.533. The maximum Gasteiger partial charge on any atom is 0.253 e. The van der Waals surface area contributed by atoms with Gasteiger partial charge in [-0.1, -0.05) is 44.7 Å². The van der Waals surface area contributed by atoms with E-state index in [1.54, 1.807) is 12.1 Å². The Bertz CT molecular complexity index is 375. The number of carbonyl (C=O) groups is 1. The normalized spacial score (nSPS) is 12.1. The van der Waals surface area contributed by atoms with Crippen molar-refractivity contribution >= 4 is 5.91 Å². The number of aromatic hydroxyl groups is 1. The van der Waals surface area contributed by atoms with Crippen LogP contribution in [0.5, 0.6) is 5.75 Å². The second-order valence-corrected chi connectivity index (χ2v) is 4.70. The molecule has 0 saturated carbocycles. The molecule has 19 heavy (non-hydrogen) atoms. The summed E-state index contributed by atoms with van der Waals surface area (Å²) in [4.78, 5) is 11.7. The van der Waals surface area contributed by atoms with E-state index in [0.29, 0.717) is 12.1 Å². The van der Waals surface area contributed by atoms with E-state index in [2.05, 4.69) is 12.2 Å². The van der Waals surface area contributed by atoms with Crippen molar-refractivity contribution in [2.45, 2.75) is 45.1 Å². The van der Waals surface area contributed by atoms with Gasteiger partial charge in [0.2, 0.25) is 0 Å². The van der Waals surface area contributed by atoms with Crippen LogP contribution < -0.4 is 5.32 Å². The van der Waals surface area contributed by atoms with Crippen LogP contribution in [0.4, 0.5) is 0 Å². The number of unbranched alkanes of at least 4 members (excludes halogenated alkanes) is 4. The molecule has 3 N–H and O–H groups in total. The summed E-state index contributed by atoms with van der Waals surface area (Å²) in [5, 5.41) is 21.7. The smallest absolute Gasteiger partial charge is 0.253 e. The van der Waals surface area contributed by atoms with Gasteiger partial charge in [-0.2, -0.15) is 0 Å². The summed E-state index contributed by atoms with van der Waals surface area (Å²) in [5.74, 6) is -0.270. The predicted molar refractivity (Wildman–Crippen MR) is 74.8 cm³/mol. The number of aliphatic hydroxyl groups is 1. The third kappa shape index (κ3) is 5.75. The zero-order valence-electron chi connectivity index (χ0n) is 11.4. The average molecular weight is 265 g/mol. The molecule has 0 radical (unpaired) electrons. The molecule has 106 valence electrons. The van der Waals surface area contributed by atoms with E-state index >= 15 is 0 Å². The summed E-state index contributed by atoms with van der Waals surface area (Å²) in [6.07, 6.45) is 4.48. The molecule has 1 atom stereocenters. The lowest BCUT2D eigenvalue weighted by Gasteiger charge is -2.11. The van der Waals surface area contributed by atoms with E-state index in [9.17, 15) is 9.90 Å². The van der Waals surface area contributed by atoms with Gasteiger partial charge in [-0.05, 0) is 24.1 Å². The van der Waals surface area contributed by atoms with Crippen molar-refractivity contribution in [2.24, 2.45) is 0 Å². The van der Waals surface area contributed by atoms with Crippen LogP contribution in [0.2, 0.25) is 0 Å². The van der Waals surface area contributed by atoms with Gasteiger partial charge in [0.1, 0.15) is 5.75 Å². The van der Waals surface area contributed by atoms with Gasteiger partial charge in [-0.25, -0.2) is 0 Å². The highest BCUT2D eigenvalue weighted by molar-refractivity contribution is 5.81. The molecule has 0 heterocycles. The molecule has 1 aromatic rings. The molecule has 1 unspecified atom stereocenters. The van der Waals surface area contributed by atoms with Crippen LogP contribution in [-0.2, 0) is 4.79 Å². The number of phenols is 1. The van der Waals surface area contributed by atoms with Crippen LogP contribution in [0.1, 0.15) is 50.7 Å². The summed E-state index contributed by atoms with van der Waals surface area (Å²) < 4.78 is 0. The second kappa shape index (κ2) is 8.53. The summed E-state index contributed by atoms with van der Waals surface area (Å²) in [6.45, 7) is 2.76. The first-order valence-electron chi connectivity index (χ1n) is 6.90. The lowest BCUT2D eigenvalue weighted by atomic mass is 10.1. The van der Waals surface area contributed by atoms with Gasteiger partial charge in [-0.3, -0.25) is 4.79 Å². The number of hydrogen-bond donors (Lipinski definition) is 3. The van der Waals surface area contributed by atoms with Gasteiger partial charge in [0, 0.05) is 6.54 Å². The monoisotopic (exact) mass is 265 g/mol. The SMILES string of the molecule is CCCCCCCNC(=O)C(O)c1ccc(O)cc1. The van der Waals surface area contributed by atoms with E-state index in [1.165, 1.54) is 31.4 Å². The van der Waals surface area contributed by atoms with Crippen molar-refractivity contribution in [1.82, 2.24) is 5.32 Å². The molecule has 1 aromatic carbocycles. The Morgan fingerprint density at radius 1 is 1.16 bits per heavy atom. The van der Waals surface area contributed by atoms with Gasteiger partial charge >= 0.3 is 0 Å². The molecule has 1 rings (SSSR count). The van der Waals surface area contributed by atoms with Gasteiger partial charge in [0.25, 0.3) is 5.91 Å². The first-order valence-corrected chi connectivity index (χ1v) is 6.90. The molecule has 1 amide bonds. The highest BCUT2D eigenvalue weighted by Gasteiger charge is 2.16. The van der Waals surface area contributed by atoms with E-state index in [-0.39, 0.29) is 11.7 Å². The molecule has 0 aliphatic rings. The molecule has 0 bridgehead atoms. The van der Waals surface area contributed by atoms with Gasteiger partial charge in [0.15, 0.2) is 6.10 Å². The molecular weight excluding hydrogens is 242 g/mol. The summed E-state index contributed by atoms with van der Waals surface area (Å²) in [5.41, 5.74) is 0.487. The second-order valence-electron chi connectivity index (χ2n) is 4.70. The number of carbonyl (C=O) groups excluding carboxylic acids is 1. The van der Waals surface area contributed by atoms with Crippen molar-refractivity contribution in [1.29, 1.82) is 0 Å². The van der Waals surface area contributed by atoms with Crippen molar-refractivity contribution in [3.8, 4) is 5.75 Å². The summed E-state index contributed by atoms with van der Waals surface area (Å²) >= 11 is 0. The van der Waals surface area contributed by atoms with Crippen molar-refractivity contribution in [2.75, 3.05) is 6.54 Å². The van der Waals surface area contributed by atoms with E-state index in [0.717, 1.165) is 12.8 Å². The number of rotatable bonds is 8. The topological polar surface area (TPSA) is 69.6 Å². The number of phenolic OH excluding ortho intramolecular Hbond substituents is 1. The Balaban J connectivity index is 2.27. The van der Waals surface area contributed by atoms with Crippen LogP contribution in [0.25, 0.3) is 0 Å². The lowest BCUT2D eigenvalue weighted by Crippen LogP contribution is -2.30. The predicted octanol–water partition coefficient (Wildman–Crippen LogP) is 2.51. The van der Waals surface area contributed by atoms with Crippen molar-refractivity contribution in [3.05, 3.63) is 29.8 Å². The Morgan fingerprint density at radius 2 is 1.79 bits per heavy atom. The highest BCUT2D eigenvalue weighted by atomic mass is 16.3. The first-order chi connectivity index (χ1) is 9.15. The molecule has 4 heteroatoms. The van der Waals surface area contributed by atoms with Crippen LogP contribution in [-0.4, -0.2) is 22.7 Å². The number of aliphatic hydroxyl groups excluding tert-OH is 1. The molecule has 0 aliphatic carbocycles. The van der Waals surface area contributed by atoms with Crippen LogP contribution in [0.15, 0.2) is 24.3 Å². The molecular formula is C15H23NO3. The highest BCUT2D eigenvalue weighted by Crippen LogP contribution is 2.16. The zero-order chi connectivity index (χ0) is 14.1. The molecule has 4 nitrogen and oxygen atoms in total. The fourth-order valence-corrected chi connectivity index (χ4v) is 1.84. The summed E-state index contributed by atoms with van der Waals surface area (Å²) in [6, 6.07) is 5.99. The largest absolute Gasteiger partial charge is 0.508 e. The van der Waals surface area contributed by atoms with Crippen LogP contribution in [0, 0.1) is 0 Å². The number of amides is 1. The minimum atomic E-state index is -1.17. The third-order valence-corrected chi connectivity index (χ3v) is 3.04.